The largest absolute Gasteiger partial charge is 0.462 e. The molecule has 0 aliphatic rings. The molecule has 4 nitrogen and oxygen atoms in total. The Morgan fingerprint density at radius 2 is 1.94 bits per heavy atom. The van der Waals surface area contributed by atoms with Crippen molar-refractivity contribution in [2.45, 2.75) is 13.2 Å². The predicted molar refractivity (Wildman–Crippen MR) is 63.5 cm³/mol. The number of hydrogen-bond donors (Lipinski definition) is 1. The third-order valence-corrected chi connectivity index (χ3v) is 2.73. The number of aliphatic hydroxyl groups excluding tert-OH is 1. The van der Waals surface area contributed by atoms with Crippen LogP contribution in [0.15, 0.2) is 47.1 Å². The summed E-state index contributed by atoms with van der Waals surface area (Å²) < 4.78 is 7.48. The van der Waals surface area contributed by atoms with Crippen molar-refractivity contribution in [2.24, 2.45) is 0 Å². The Labute approximate surface area is 98.1 Å². The zero-order valence-corrected chi connectivity index (χ0v) is 9.21. The number of rotatable bonds is 3. The Morgan fingerprint density at radius 1 is 1.12 bits per heavy atom. The normalized spacial score (nSPS) is 11.1. The van der Waals surface area contributed by atoms with Crippen LogP contribution in [0.2, 0.25) is 0 Å². The molecule has 2 aromatic heterocycles. The van der Waals surface area contributed by atoms with Gasteiger partial charge in [-0.25, -0.2) is 4.98 Å². The summed E-state index contributed by atoms with van der Waals surface area (Å²) in [5, 5.41) is 8.94. The van der Waals surface area contributed by atoms with Crippen LogP contribution in [0.3, 0.4) is 0 Å². The van der Waals surface area contributed by atoms with Gasteiger partial charge in [-0.2, -0.15) is 0 Å². The van der Waals surface area contributed by atoms with Crippen LogP contribution in [-0.4, -0.2) is 14.7 Å². The van der Waals surface area contributed by atoms with Crippen LogP contribution in [0.25, 0.3) is 11.0 Å². The summed E-state index contributed by atoms with van der Waals surface area (Å²) in [5.74, 6) is 1.40. The van der Waals surface area contributed by atoms with Gasteiger partial charge >= 0.3 is 0 Å². The highest BCUT2D eigenvalue weighted by Gasteiger charge is 2.05. The van der Waals surface area contributed by atoms with E-state index < -0.39 is 0 Å². The first-order valence-corrected chi connectivity index (χ1v) is 5.45. The topological polar surface area (TPSA) is 51.2 Å². The molecule has 0 bridgehead atoms. The first kappa shape index (κ1) is 10.1. The van der Waals surface area contributed by atoms with E-state index in [1.54, 1.807) is 12.4 Å². The number of para-hydroxylation sites is 2. The molecule has 2 heterocycles. The van der Waals surface area contributed by atoms with Crippen LogP contribution < -0.4 is 0 Å². The van der Waals surface area contributed by atoms with E-state index in [1.165, 1.54) is 0 Å². The molecular weight excluding hydrogens is 216 g/mol. The monoisotopic (exact) mass is 228 g/mol. The molecule has 1 N–H and O–H groups in total. The molecule has 0 radical (unpaired) electrons. The molecule has 0 aliphatic heterocycles. The number of benzene rings is 1. The molecule has 0 saturated heterocycles. The third-order valence-electron chi connectivity index (χ3n) is 2.73. The van der Waals surface area contributed by atoms with E-state index in [0.29, 0.717) is 12.3 Å². The zero-order chi connectivity index (χ0) is 11.7. The van der Waals surface area contributed by atoms with Gasteiger partial charge < -0.3 is 14.1 Å². The SMILES string of the molecule is OCc1ccc(Cn2cnc3ccccc32)o1. The van der Waals surface area contributed by atoms with Crippen molar-refractivity contribution in [3.8, 4) is 0 Å². The highest BCUT2D eigenvalue weighted by atomic mass is 16.4. The van der Waals surface area contributed by atoms with Crippen LogP contribution >= 0.6 is 0 Å². The molecule has 0 unspecified atom stereocenters. The van der Waals surface area contributed by atoms with E-state index in [9.17, 15) is 0 Å². The summed E-state index contributed by atoms with van der Waals surface area (Å²) in [7, 11) is 0. The average Bonchev–Trinajstić information content (AvgIpc) is 2.97. The van der Waals surface area contributed by atoms with E-state index in [0.717, 1.165) is 16.8 Å². The molecule has 1 aromatic carbocycles. The molecule has 0 amide bonds. The Balaban J connectivity index is 1.94. The van der Waals surface area contributed by atoms with Crippen molar-refractivity contribution < 1.29 is 9.52 Å². The quantitative estimate of drug-likeness (QED) is 0.747. The lowest BCUT2D eigenvalue weighted by molar-refractivity contribution is 0.243. The first-order chi connectivity index (χ1) is 8.36. The second-order valence-electron chi connectivity index (χ2n) is 3.89. The minimum absolute atomic E-state index is 0.0648. The van der Waals surface area contributed by atoms with E-state index in [-0.39, 0.29) is 6.61 Å². The summed E-state index contributed by atoms with van der Waals surface area (Å²) in [6.07, 6.45) is 1.80. The van der Waals surface area contributed by atoms with Crippen molar-refractivity contribution in [3.63, 3.8) is 0 Å². The predicted octanol–water partition coefficient (Wildman–Crippen LogP) is 2.17. The van der Waals surface area contributed by atoms with Crippen molar-refractivity contribution in [1.82, 2.24) is 9.55 Å². The number of furan rings is 1. The lowest BCUT2D eigenvalue weighted by atomic mass is 10.3. The number of hydrogen-bond acceptors (Lipinski definition) is 3. The van der Waals surface area contributed by atoms with Gasteiger partial charge in [-0.15, -0.1) is 0 Å². The van der Waals surface area contributed by atoms with Gasteiger partial charge in [0.05, 0.1) is 23.9 Å². The molecule has 86 valence electrons. The maximum absolute atomic E-state index is 8.94. The summed E-state index contributed by atoms with van der Waals surface area (Å²) in [5.41, 5.74) is 2.05. The fourth-order valence-corrected chi connectivity index (χ4v) is 1.90. The van der Waals surface area contributed by atoms with Crippen LogP contribution in [0.1, 0.15) is 11.5 Å². The highest BCUT2D eigenvalue weighted by Crippen LogP contribution is 2.15. The van der Waals surface area contributed by atoms with Gasteiger partial charge in [-0.1, -0.05) is 12.1 Å². The number of nitrogens with zero attached hydrogens (tertiary/aromatic N) is 2. The molecular formula is C13H12N2O2. The van der Waals surface area contributed by atoms with Gasteiger partial charge in [-0.05, 0) is 24.3 Å². The van der Waals surface area contributed by atoms with Gasteiger partial charge in [0.15, 0.2) is 0 Å². The molecule has 0 aliphatic carbocycles. The fourth-order valence-electron chi connectivity index (χ4n) is 1.90. The Bertz CT molecular complexity index is 639. The molecule has 4 heteroatoms. The summed E-state index contributed by atoms with van der Waals surface area (Å²) in [6.45, 7) is 0.561. The standard InChI is InChI=1S/C13H12N2O2/c16-8-11-6-5-10(17-11)7-15-9-14-12-3-1-2-4-13(12)15/h1-6,9,16H,7-8H2. The first-order valence-electron chi connectivity index (χ1n) is 5.45. The third kappa shape index (κ3) is 1.83. The maximum atomic E-state index is 8.94. The van der Waals surface area contributed by atoms with Gasteiger partial charge in [0.25, 0.3) is 0 Å². The van der Waals surface area contributed by atoms with E-state index >= 15 is 0 Å². The summed E-state index contributed by atoms with van der Waals surface area (Å²) in [6, 6.07) is 11.6. The van der Waals surface area contributed by atoms with Crippen molar-refractivity contribution >= 4 is 11.0 Å². The van der Waals surface area contributed by atoms with Crippen LogP contribution in [-0.2, 0) is 13.2 Å². The molecule has 17 heavy (non-hydrogen) atoms. The molecule has 0 saturated carbocycles. The van der Waals surface area contributed by atoms with Crippen molar-refractivity contribution in [1.29, 1.82) is 0 Å². The molecule has 0 atom stereocenters. The van der Waals surface area contributed by atoms with E-state index in [4.69, 9.17) is 9.52 Å². The highest BCUT2D eigenvalue weighted by molar-refractivity contribution is 5.74. The molecule has 0 fully saturated rings. The average molecular weight is 228 g/mol. The zero-order valence-electron chi connectivity index (χ0n) is 9.21. The Morgan fingerprint density at radius 3 is 2.76 bits per heavy atom. The van der Waals surface area contributed by atoms with Gasteiger partial charge in [0.1, 0.15) is 18.1 Å². The van der Waals surface area contributed by atoms with Crippen molar-refractivity contribution in [2.75, 3.05) is 0 Å². The minimum Gasteiger partial charge on any atom is -0.462 e. The number of aromatic nitrogens is 2. The van der Waals surface area contributed by atoms with E-state index in [2.05, 4.69) is 4.98 Å². The maximum Gasteiger partial charge on any atom is 0.129 e. The van der Waals surface area contributed by atoms with Crippen LogP contribution in [0.4, 0.5) is 0 Å². The fraction of sp³-hybridized carbons (Fsp3) is 0.154. The molecule has 3 aromatic rings. The Kier molecular flexibility index (Phi) is 2.42. The summed E-state index contributed by atoms with van der Waals surface area (Å²) in [4.78, 5) is 4.31. The lowest BCUT2D eigenvalue weighted by Gasteiger charge is -2.00. The Hall–Kier alpha value is -2.07. The number of aliphatic hydroxyl groups is 1. The van der Waals surface area contributed by atoms with Crippen LogP contribution in [0, 0.1) is 0 Å². The smallest absolute Gasteiger partial charge is 0.129 e. The van der Waals surface area contributed by atoms with Gasteiger partial charge in [-0.3, -0.25) is 0 Å². The van der Waals surface area contributed by atoms with E-state index in [1.807, 2.05) is 34.9 Å². The molecule has 0 spiro atoms. The number of imidazole rings is 1. The second kappa shape index (κ2) is 4.07. The number of fused-ring (bicyclic) bond motifs is 1. The van der Waals surface area contributed by atoms with Gasteiger partial charge in [0.2, 0.25) is 0 Å². The lowest BCUT2D eigenvalue weighted by Crippen LogP contribution is -1.96. The summed E-state index contributed by atoms with van der Waals surface area (Å²) >= 11 is 0. The second-order valence-corrected chi connectivity index (χ2v) is 3.89. The van der Waals surface area contributed by atoms with Crippen molar-refractivity contribution in [3.05, 3.63) is 54.2 Å². The van der Waals surface area contributed by atoms with Gasteiger partial charge in [0, 0.05) is 0 Å². The van der Waals surface area contributed by atoms with Crippen LogP contribution in [0.5, 0.6) is 0 Å². The minimum atomic E-state index is -0.0648. The molecule has 3 rings (SSSR count).